The lowest BCUT2D eigenvalue weighted by Crippen LogP contribution is -2.28. The molecule has 0 fully saturated rings. The van der Waals surface area contributed by atoms with E-state index in [1.165, 1.54) is 0 Å². The van der Waals surface area contributed by atoms with Crippen LogP contribution in [0.4, 0.5) is 15.3 Å². The molecule has 0 unspecified atom stereocenters. The van der Waals surface area contributed by atoms with E-state index in [1.54, 1.807) is 12.1 Å². The van der Waals surface area contributed by atoms with Crippen molar-refractivity contribution in [3.05, 3.63) is 29.3 Å². The van der Waals surface area contributed by atoms with Gasteiger partial charge in [-0.15, -0.1) is 0 Å². The van der Waals surface area contributed by atoms with Crippen molar-refractivity contribution in [2.45, 2.75) is 13.8 Å². The van der Waals surface area contributed by atoms with Gasteiger partial charge in [-0.05, 0) is 60.3 Å². The van der Waals surface area contributed by atoms with Crippen LogP contribution < -0.4 is 4.90 Å². The molecule has 1 aromatic carbocycles. The molecule has 80 valence electrons. The van der Waals surface area contributed by atoms with Gasteiger partial charge in [0.05, 0.1) is 5.69 Å². The molecule has 0 atom stereocenters. The summed E-state index contributed by atoms with van der Waals surface area (Å²) in [5, 5.41) is -1.83. The van der Waals surface area contributed by atoms with E-state index in [0.29, 0.717) is 10.6 Å². The minimum atomic E-state index is -0.917. The van der Waals surface area contributed by atoms with Gasteiger partial charge >= 0.3 is 10.7 Å². The van der Waals surface area contributed by atoms with Gasteiger partial charge in [0.2, 0.25) is 0 Å². The minimum Gasteiger partial charge on any atom is -0.254 e. The maximum atomic E-state index is 11.0. The molecule has 2 amide bonds. The van der Waals surface area contributed by atoms with E-state index in [0.717, 1.165) is 11.1 Å². The molecule has 0 saturated heterocycles. The fourth-order valence-electron chi connectivity index (χ4n) is 1.35. The maximum absolute atomic E-state index is 11.0. The highest BCUT2D eigenvalue weighted by molar-refractivity contribution is 6.76. The van der Waals surface area contributed by atoms with Crippen molar-refractivity contribution >= 4 is 39.6 Å². The molecule has 0 heterocycles. The fraction of sp³-hybridized carbons (Fsp3) is 0.200. The average molecular weight is 246 g/mol. The number of hydrogen-bond donors (Lipinski definition) is 0. The molecule has 0 aliphatic heterocycles. The number of benzene rings is 1. The quantitative estimate of drug-likeness (QED) is 0.557. The highest BCUT2D eigenvalue weighted by Gasteiger charge is 2.20. The Balaban J connectivity index is 3.22. The largest absolute Gasteiger partial charge is 0.328 e. The Morgan fingerprint density at radius 3 is 1.73 bits per heavy atom. The summed E-state index contributed by atoms with van der Waals surface area (Å²) in [5.41, 5.74) is 2.23. The predicted octanol–water partition coefficient (Wildman–Crippen LogP) is 3.83. The second-order valence-corrected chi connectivity index (χ2v) is 3.83. The number of carbonyl (C=O) groups is 2. The monoisotopic (exact) mass is 245 g/mol. The van der Waals surface area contributed by atoms with Crippen LogP contribution in [0, 0.1) is 13.8 Å². The molecule has 5 heteroatoms. The number of anilines is 1. The lowest BCUT2D eigenvalue weighted by molar-refractivity contribution is 0.255. The van der Waals surface area contributed by atoms with Gasteiger partial charge in [-0.25, -0.2) is 4.90 Å². The van der Waals surface area contributed by atoms with Gasteiger partial charge in [-0.2, -0.15) is 0 Å². The summed E-state index contributed by atoms with van der Waals surface area (Å²) in [7, 11) is 0. The number of carbonyl (C=O) groups excluding carboxylic acids is 2. The first kappa shape index (κ1) is 12.0. The smallest absolute Gasteiger partial charge is 0.254 e. The van der Waals surface area contributed by atoms with Crippen LogP contribution in [0.25, 0.3) is 0 Å². The summed E-state index contributed by atoms with van der Waals surface area (Å²) in [6, 6.07) is 5.24. The first-order valence-corrected chi connectivity index (χ1v) is 4.95. The van der Waals surface area contributed by atoms with Gasteiger partial charge in [0.1, 0.15) is 0 Å². The second-order valence-electron chi connectivity index (χ2n) is 3.19. The molecule has 0 aliphatic carbocycles. The van der Waals surface area contributed by atoms with Crippen molar-refractivity contribution in [3.8, 4) is 0 Å². The number of amides is 2. The summed E-state index contributed by atoms with van der Waals surface area (Å²) in [6.07, 6.45) is 0. The maximum Gasteiger partial charge on any atom is 0.328 e. The van der Waals surface area contributed by atoms with E-state index in [2.05, 4.69) is 0 Å². The second kappa shape index (κ2) is 4.64. The third-order valence-corrected chi connectivity index (χ3v) is 2.15. The molecule has 15 heavy (non-hydrogen) atoms. The number of rotatable bonds is 1. The van der Waals surface area contributed by atoms with Gasteiger partial charge in [0.25, 0.3) is 0 Å². The van der Waals surface area contributed by atoms with Crippen molar-refractivity contribution in [2.75, 3.05) is 4.90 Å². The number of halogens is 2. The van der Waals surface area contributed by atoms with Gasteiger partial charge in [0, 0.05) is 0 Å². The third-order valence-electron chi connectivity index (χ3n) is 1.82. The molecular formula is C10H9Cl2NO2. The van der Waals surface area contributed by atoms with E-state index in [1.807, 2.05) is 19.9 Å². The highest BCUT2D eigenvalue weighted by Crippen LogP contribution is 2.21. The van der Waals surface area contributed by atoms with E-state index in [9.17, 15) is 9.59 Å². The molecular weight excluding hydrogens is 237 g/mol. The van der Waals surface area contributed by atoms with Crippen LogP contribution in [0.1, 0.15) is 11.1 Å². The Kier molecular flexibility index (Phi) is 3.72. The molecule has 0 N–H and O–H groups in total. The van der Waals surface area contributed by atoms with Crippen LogP contribution in [0.3, 0.4) is 0 Å². The first-order chi connectivity index (χ1) is 6.91. The van der Waals surface area contributed by atoms with Crippen LogP contribution in [0.2, 0.25) is 0 Å². The minimum absolute atomic E-state index is 0.382. The summed E-state index contributed by atoms with van der Waals surface area (Å²) in [6.45, 7) is 3.71. The van der Waals surface area contributed by atoms with E-state index >= 15 is 0 Å². The van der Waals surface area contributed by atoms with Gasteiger partial charge in [-0.1, -0.05) is 6.07 Å². The highest BCUT2D eigenvalue weighted by atomic mass is 35.5. The molecule has 0 saturated carbocycles. The van der Waals surface area contributed by atoms with Crippen molar-refractivity contribution < 1.29 is 9.59 Å². The SMILES string of the molecule is Cc1cc(C)cc(N(C(=O)Cl)C(=O)Cl)c1. The van der Waals surface area contributed by atoms with Crippen molar-refractivity contribution in [3.63, 3.8) is 0 Å². The topological polar surface area (TPSA) is 37.4 Å². The number of nitrogens with zero attached hydrogens (tertiary/aromatic N) is 1. The van der Waals surface area contributed by atoms with Crippen molar-refractivity contribution in [1.29, 1.82) is 0 Å². The molecule has 1 rings (SSSR count). The van der Waals surface area contributed by atoms with Gasteiger partial charge in [0.15, 0.2) is 0 Å². The van der Waals surface area contributed by atoms with Crippen LogP contribution in [0.5, 0.6) is 0 Å². The number of aryl methyl sites for hydroxylation is 2. The Bertz CT molecular complexity index is 384. The Labute approximate surface area is 97.6 Å². The zero-order chi connectivity index (χ0) is 11.6. The fourth-order valence-corrected chi connectivity index (χ4v) is 1.74. The molecule has 0 bridgehead atoms. The first-order valence-electron chi connectivity index (χ1n) is 4.19. The van der Waals surface area contributed by atoms with Crippen LogP contribution >= 0.6 is 23.2 Å². The van der Waals surface area contributed by atoms with Crippen molar-refractivity contribution in [1.82, 2.24) is 0 Å². The lowest BCUT2D eigenvalue weighted by atomic mass is 10.1. The van der Waals surface area contributed by atoms with Crippen molar-refractivity contribution in [2.24, 2.45) is 0 Å². The van der Waals surface area contributed by atoms with Crippen LogP contribution in [0.15, 0.2) is 18.2 Å². The summed E-state index contributed by atoms with van der Waals surface area (Å²) in [5.74, 6) is 0. The van der Waals surface area contributed by atoms with Gasteiger partial charge in [-0.3, -0.25) is 9.59 Å². The molecule has 3 nitrogen and oxygen atoms in total. The zero-order valence-corrected chi connectivity index (χ0v) is 9.76. The van der Waals surface area contributed by atoms with E-state index in [-0.39, 0.29) is 0 Å². The van der Waals surface area contributed by atoms with Crippen LogP contribution in [-0.2, 0) is 0 Å². The summed E-state index contributed by atoms with van der Waals surface area (Å²) < 4.78 is 0. The Hall–Kier alpha value is -1.06. The Morgan fingerprint density at radius 1 is 1.00 bits per heavy atom. The molecule has 1 aromatic rings. The normalized spacial score (nSPS) is 9.87. The standard InChI is InChI=1S/C10H9Cl2NO2/c1-6-3-7(2)5-8(4-6)13(9(11)14)10(12)15/h3-5H,1-2H3. The molecule has 0 radical (unpaired) electrons. The summed E-state index contributed by atoms with van der Waals surface area (Å²) >= 11 is 10.5. The van der Waals surface area contributed by atoms with Crippen LogP contribution in [-0.4, -0.2) is 10.7 Å². The third kappa shape index (κ3) is 2.94. The zero-order valence-electron chi connectivity index (χ0n) is 8.25. The number of hydrogen-bond acceptors (Lipinski definition) is 2. The molecule has 0 spiro atoms. The Morgan fingerprint density at radius 2 is 1.40 bits per heavy atom. The van der Waals surface area contributed by atoms with E-state index in [4.69, 9.17) is 23.2 Å². The molecule has 0 aliphatic rings. The summed E-state index contributed by atoms with van der Waals surface area (Å²) in [4.78, 5) is 22.7. The lowest BCUT2D eigenvalue weighted by Gasteiger charge is -2.15. The average Bonchev–Trinajstić information content (AvgIpc) is 1.99. The van der Waals surface area contributed by atoms with Gasteiger partial charge < -0.3 is 0 Å². The predicted molar refractivity (Wildman–Crippen MR) is 60.9 cm³/mol. The number of imide groups is 1. The molecule has 0 aromatic heterocycles. The van der Waals surface area contributed by atoms with E-state index < -0.39 is 10.7 Å².